The molecule has 0 aliphatic carbocycles. The molecule has 0 bridgehead atoms. The largest absolute Gasteiger partial charge is 0.466 e. The highest BCUT2D eigenvalue weighted by Gasteiger charge is 2.09. The maximum Gasteiger partial charge on any atom is 0.336 e. The molecule has 0 spiro atoms. The van der Waals surface area contributed by atoms with Gasteiger partial charge in [-0.05, 0) is 0 Å². The summed E-state index contributed by atoms with van der Waals surface area (Å²) in [4.78, 5) is 21.3. The summed E-state index contributed by atoms with van der Waals surface area (Å²) in [6.07, 6.45) is 1.09. The van der Waals surface area contributed by atoms with Gasteiger partial charge in [0.25, 0.3) is 0 Å². The SMILES string of the molecule is COC(=O)/C(=C/OC(C)=O)CCO. The fourth-order valence-electron chi connectivity index (χ4n) is 0.615. The van der Waals surface area contributed by atoms with E-state index in [1.165, 1.54) is 14.0 Å². The highest BCUT2D eigenvalue weighted by molar-refractivity contribution is 5.88. The molecule has 74 valence electrons. The van der Waals surface area contributed by atoms with Gasteiger partial charge in [0.2, 0.25) is 0 Å². The number of ether oxygens (including phenoxy) is 2. The van der Waals surface area contributed by atoms with Gasteiger partial charge in [-0.15, -0.1) is 0 Å². The van der Waals surface area contributed by atoms with Crippen LogP contribution in [0.2, 0.25) is 0 Å². The summed E-state index contributed by atoms with van der Waals surface area (Å²) in [7, 11) is 1.21. The summed E-state index contributed by atoms with van der Waals surface area (Å²) in [5.74, 6) is -1.14. The van der Waals surface area contributed by atoms with Crippen LogP contribution >= 0.6 is 0 Å². The summed E-state index contributed by atoms with van der Waals surface area (Å²) in [5, 5.41) is 8.56. The van der Waals surface area contributed by atoms with Crippen LogP contribution in [0.3, 0.4) is 0 Å². The van der Waals surface area contributed by atoms with Crippen LogP contribution in [0.5, 0.6) is 0 Å². The standard InChI is InChI=1S/C8H12O5/c1-6(10)13-5-7(3-4-9)8(11)12-2/h5,9H,3-4H2,1-2H3/b7-5+. The first-order chi connectivity index (χ1) is 6.11. The van der Waals surface area contributed by atoms with Gasteiger partial charge in [0.15, 0.2) is 0 Å². The smallest absolute Gasteiger partial charge is 0.336 e. The molecular formula is C8H12O5. The van der Waals surface area contributed by atoms with E-state index in [1.807, 2.05) is 0 Å². The van der Waals surface area contributed by atoms with Crippen molar-refractivity contribution in [2.24, 2.45) is 0 Å². The minimum absolute atomic E-state index is 0.0972. The summed E-state index contributed by atoms with van der Waals surface area (Å²) >= 11 is 0. The van der Waals surface area contributed by atoms with Crippen molar-refractivity contribution >= 4 is 11.9 Å². The van der Waals surface area contributed by atoms with E-state index in [-0.39, 0.29) is 18.6 Å². The van der Waals surface area contributed by atoms with Crippen LogP contribution in [0, 0.1) is 0 Å². The van der Waals surface area contributed by atoms with Gasteiger partial charge < -0.3 is 14.6 Å². The lowest BCUT2D eigenvalue weighted by Gasteiger charge is -2.02. The summed E-state index contributed by atoms with van der Waals surface area (Å²) in [6.45, 7) is 1.01. The second-order valence-corrected chi connectivity index (χ2v) is 2.22. The molecule has 0 aliphatic heterocycles. The molecule has 0 atom stereocenters. The Bertz CT molecular complexity index is 219. The number of carbonyl (C=O) groups is 2. The Morgan fingerprint density at radius 2 is 2.08 bits per heavy atom. The monoisotopic (exact) mass is 188 g/mol. The van der Waals surface area contributed by atoms with Gasteiger partial charge in [-0.2, -0.15) is 0 Å². The van der Waals surface area contributed by atoms with Gasteiger partial charge in [-0.3, -0.25) is 4.79 Å². The number of aliphatic hydroxyl groups is 1. The van der Waals surface area contributed by atoms with Crippen LogP contribution in [0.4, 0.5) is 0 Å². The molecule has 1 N–H and O–H groups in total. The highest BCUT2D eigenvalue weighted by atomic mass is 16.5. The molecule has 0 aliphatic rings. The van der Waals surface area contributed by atoms with E-state index in [0.717, 1.165) is 6.26 Å². The molecule has 0 amide bonds. The van der Waals surface area contributed by atoms with Crippen molar-refractivity contribution in [1.29, 1.82) is 0 Å². The minimum atomic E-state index is -0.615. The zero-order chi connectivity index (χ0) is 10.3. The molecule has 5 heteroatoms. The molecular weight excluding hydrogens is 176 g/mol. The zero-order valence-corrected chi connectivity index (χ0v) is 7.57. The first kappa shape index (κ1) is 11.6. The van der Waals surface area contributed by atoms with Crippen LogP contribution in [0.1, 0.15) is 13.3 Å². The molecule has 0 rings (SSSR count). The summed E-state index contributed by atoms with van der Waals surface area (Å²) < 4.78 is 8.85. The molecule has 0 aromatic carbocycles. The van der Waals surface area contributed by atoms with Gasteiger partial charge in [0.05, 0.1) is 12.7 Å². The van der Waals surface area contributed by atoms with Crippen molar-refractivity contribution < 1.29 is 24.2 Å². The molecule has 13 heavy (non-hydrogen) atoms. The lowest BCUT2D eigenvalue weighted by Crippen LogP contribution is -2.07. The second-order valence-electron chi connectivity index (χ2n) is 2.22. The van der Waals surface area contributed by atoms with Crippen molar-refractivity contribution in [3.63, 3.8) is 0 Å². The minimum Gasteiger partial charge on any atom is -0.466 e. The molecule has 0 heterocycles. The van der Waals surface area contributed by atoms with Crippen LogP contribution < -0.4 is 0 Å². The Hall–Kier alpha value is -1.36. The fourth-order valence-corrected chi connectivity index (χ4v) is 0.615. The normalized spacial score (nSPS) is 10.8. The Morgan fingerprint density at radius 3 is 2.46 bits per heavy atom. The molecule has 0 radical (unpaired) electrons. The number of methoxy groups -OCH3 is 1. The zero-order valence-electron chi connectivity index (χ0n) is 7.57. The predicted molar refractivity (Wildman–Crippen MR) is 43.6 cm³/mol. The second kappa shape index (κ2) is 6.19. The van der Waals surface area contributed by atoms with Crippen molar-refractivity contribution in [2.75, 3.05) is 13.7 Å². The van der Waals surface area contributed by atoms with Crippen molar-refractivity contribution in [3.8, 4) is 0 Å². The Kier molecular flexibility index (Phi) is 5.54. The third-order valence-corrected chi connectivity index (χ3v) is 1.20. The van der Waals surface area contributed by atoms with Crippen LogP contribution in [-0.2, 0) is 19.1 Å². The van der Waals surface area contributed by atoms with Gasteiger partial charge in [-0.1, -0.05) is 0 Å². The van der Waals surface area contributed by atoms with E-state index in [2.05, 4.69) is 9.47 Å². The summed E-state index contributed by atoms with van der Waals surface area (Å²) in [5.41, 5.74) is 0.125. The third-order valence-electron chi connectivity index (χ3n) is 1.20. The maximum atomic E-state index is 10.9. The first-order valence-electron chi connectivity index (χ1n) is 3.67. The van der Waals surface area contributed by atoms with Gasteiger partial charge in [-0.25, -0.2) is 4.79 Å². The quantitative estimate of drug-likeness (QED) is 0.381. The first-order valence-corrected chi connectivity index (χ1v) is 3.67. The van der Waals surface area contributed by atoms with Gasteiger partial charge >= 0.3 is 11.9 Å². The molecule has 5 nitrogen and oxygen atoms in total. The predicted octanol–water partition coefficient (Wildman–Crippen LogP) is -0.0112. The number of aliphatic hydroxyl groups excluding tert-OH is 1. The van der Waals surface area contributed by atoms with E-state index in [0.29, 0.717) is 0 Å². The van der Waals surface area contributed by atoms with Gasteiger partial charge in [0.1, 0.15) is 6.26 Å². The van der Waals surface area contributed by atoms with E-state index in [1.54, 1.807) is 0 Å². The van der Waals surface area contributed by atoms with E-state index < -0.39 is 11.9 Å². The van der Waals surface area contributed by atoms with Crippen LogP contribution in [-0.4, -0.2) is 30.8 Å². The number of carbonyl (C=O) groups excluding carboxylic acids is 2. The lowest BCUT2D eigenvalue weighted by atomic mass is 10.2. The number of rotatable bonds is 4. The molecule has 0 unspecified atom stereocenters. The van der Waals surface area contributed by atoms with E-state index >= 15 is 0 Å². The van der Waals surface area contributed by atoms with E-state index in [9.17, 15) is 9.59 Å². The Balaban J connectivity index is 4.30. The Morgan fingerprint density at radius 1 is 1.46 bits per heavy atom. The topological polar surface area (TPSA) is 72.8 Å². The number of esters is 2. The van der Waals surface area contributed by atoms with E-state index in [4.69, 9.17) is 5.11 Å². The van der Waals surface area contributed by atoms with Crippen LogP contribution in [0.25, 0.3) is 0 Å². The molecule has 0 saturated carbocycles. The Labute approximate surface area is 75.9 Å². The average molecular weight is 188 g/mol. The third kappa shape index (κ3) is 4.97. The highest BCUT2D eigenvalue weighted by Crippen LogP contribution is 2.03. The van der Waals surface area contributed by atoms with Gasteiger partial charge in [0, 0.05) is 20.0 Å². The lowest BCUT2D eigenvalue weighted by molar-refractivity contribution is -0.137. The van der Waals surface area contributed by atoms with Crippen molar-refractivity contribution in [3.05, 3.63) is 11.8 Å². The molecule has 0 aromatic rings. The van der Waals surface area contributed by atoms with Crippen molar-refractivity contribution in [1.82, 2.24) is 0 Å². The molecule has 0 saturated heterocycles. The number of hydrogen-bond donors (Lipinski definition) is 1. The number of hydrogen-bond acceptors (Lipinski definition) is 5. The fraction of sp³-hybridized carbons (Fsp3) is 0.500. The van der Waals surface area contributed by atoms with Crippen LogP contribution in [0.15, 0.2) is 11.8 Å². The van der Waals surface area contributed by atoms with Crippen molar-refractivity contribution in [2.45, 2.75) is 13.3 Å². The summed E-state index contributed by atoms with van der Waals surface area (Å²) in [6, 6.07) is 0. The maximum absolute atomic E-state index is 10.9. The molecule has 0 fully saturated rings. The molecule has 0 aromatic heterocycles. The average Bonchev–Trinajstić information content (AvgIpc) is 2.10.